The third-order valence-electron chi connectivity index (χ3n) is 2.77. The molecule has 0 nitrogen and oxygen atoms in total. The second-order valence-corrected chi connectivity index (χ2v) is 4.26. The van der Waals surface area contributed by atoms with Crippen LogP contribution in [0.15, 0.2) is 24.3 Å². The fourth-order valence-corrected chi connectivity index (χ4v) is 2.19. The summed E-state index contributed by atoms with van der Waals surface area (Å²) in [5.74, 6) is 0. The van der Waals surface area contributed by atoms with E-state index >= 15 is 0 Å². The molecule has 2 aromatic rings. The Labute approximate surface area is 141 Å². The van der Waals surface area contributed by atoms with Crippen LogP contribution in [0.3, 0.4) is 0 Å². The van der Waals surface area contributed by atoms with Gasteiger partial charge < -0.3 is 0 Å². The van der Waals surface area contributed by atoms with E-state index < -0.39 is 0 Å². The molecule has 0 bridgehead atoms. The van der Waals surface area contributed by atoms with Crippen molar-refractivity contribution in [2.75, 3.05) is 0 Å². The Morgan fingerprint density at radius 3 is 0.864 bits per heavy atom. The second-order valence-electron chi connectivity index (χ2n) is 4.26. The Hall–Kier alpha value is -1.30. The van der Waals surface area contributed by atoms with Crippen LogP contribution in [0, 0.1) is 27.7 Å². The molecule has 22 heavy (non-hydrogen) atoms. The van der Waals surface area contributed by atoms with Crippen LogP contribution in [-0.4, -0.2) is 0 Å². The van der Waals surface area contributed by atoms with Crippen molar-refractivity contribution in [2.24, 2.45) is 0 Å². The monoisotopic (exact) mass is 304 g/mol. The molecule has 0 aliphatic heterocycles. The third-order valence-corrected chi connectivity index (χ3v) is 2.77. The molecular weight excluding hydrogens is 264 g/mol. The van der Waals surface area contributed by atoms with E-state index in [0.717, 1.165) is 0 Å². The van der Waals surface area contributed by atoms with E-state index in [4.69, 9.17) is 0 Å². The van der Waals surface area contributed by atoms with Crippen LogP contribution in [0.25, 0.3) is 10.8 Å². The Morgan fingerprint density at radius 1 is 0.409 bits per heavy atom. The minimum atomic E-state index is 1.35. The molecule has 2 aromatic carbocycles. The molecule has 0 atom stereocenters. The number of hydrogen-bond donors (Lipinski definition) is 0. The van der Waals surface area contributed by atoms with Gasteiger partial charge in [-0.1, -0.05) is 90.8 Å². The molecule has 0 spiro atoms. The fourth-order valence-electron chi connectivity index (χ4n) is 2.19. The van der Waals surface area contributed by atoms with E-state index in [1.54, 1.807) is 0 Å². The molecule has 0 radical (unpaired) electrons. The van der Waals surface area contributed by atoms with Crippen molar-refractivity contribution in [3.63, 3.8) is 0 Å². The molecule has 0 aliphatic rings. The Morgan fingerprint density at radius 2 is 0.636 bits per heavy atom. The van der Waals surface area contributed by atoms with Crippen LogP contribution >= 0.6 is 0 Å². The average molecular weight is 305 g/mol. The molecule has 0 amide bonds. The average Bonchev–Trinajstić information content (AvgIpc) is 2.56. The van der Waals surface area contributed by atoms with Gasteiger partial charge in [-0.25, -0.2) is 0 Å². The maximum absolute atomic E-state index is 2.27. The van der Waals surface area contributed by atoms with Gasteiger partial charge in [0, 0.05) is 0 Å². The lowest BCUT2D eigenvalue weighted by Crippen LogP contribution is -1.86. The summed E-state index contributed by atoms with van der Waals surface area (Å²) in [6, 6.07) is 9.05. The molecule has 0 fully saturated rings. The molecule has 0 heteroatoms. The van der Waals surface area contributed by atoms with Gasteiger partial charge in [-0.05, 0) is 49.6 Å². The molecule has 0 N–H and O–H groups in total. The number of hydrogen-bond acceptors (Lipinski definition) is 0. The van der Waals surface area contributed by atoms with Gasteiger partial charge in [0.15, 0.2) is 0 Å². The summed E-state index contributed by atoms with van der Waals surface area (Å²) in [4.78, 5) is 0. The topological polar surface area (TPSA) is 0 Å². The zero-order chi connectivity index (χ0) is 18.3. The van der Waals surface area contributed by atoms with Gasteiger partial charge in [-0.15, -0.1) is 0 Å². The first-order valence-electron chi connectivity index (χ1n) is 9.06. The van der Waals surface area contributed by atoms with Gasteiger partial charge in [0.05, 0.1) is 0 Å². The van der Waals surface area contributed by atoms with Crippen LogP contribution in [0.2, 0.25) is 0 Å². The lowest BCUT2D eigenvalue weighted by Gasteiger charge is -2.08. The minimum absolute atomic E-state index is 1.35. The molecule has 0 saturated carbocycles. The van der Waals surface area contributed by atoms with Gasteiger partial charge in [0.25, 0.3) is 0 Å². The number of fused-ring (bicyclic) bond motifs is 1. The lowest BCUT2D eigenvalue weighted by atomic mass is 9.97. The van der Waals surface area contributed by atoms with Crippen molar-refractivity contribution < 1.29 is 0 Å². The molecule has 2 rings (SSSR count). The largest absolute Gasteiger partial charge is 0.0683 e. The van der Waals surface area contributed by atoms with Crippen molar-refractivity contribution >= 4 is 10.8 Å². The molecule has 0 saturated heterocycles. The predicted molar refractivity (Wildman–Crippen MR) is 108 cm³/mol. The molecule has 0 heterocycles. The highest BCUT2D eigenvalue weighted by Crippen LogP contribution is 2.24. The summed E-state index contributed by atoms with van der Waals surface area (Å²) in [6.45, 7) is 24.7. The zero-order valence-corrected chi connectivity index (χ0v) is 17.3. The van der Waals surface area contributed by atoms with E-state index in [9.17, 15) is 0 Å². The quantitative estimate of drug-likeness (QED) is 0.460. The fraction of sp³-hybridized carbons (Fsp3) is 0.545. The van der Waals surface area contributed by atoms with Crippen molar-refractivity contribution in [2.45, 2.75) is 83.1 Å². The highest BCUT2D eigenvalue weighted by atomic mass is 14.1. The van der Waals surface area contributed by atoms with E-state index in [0.29, 0.717) is 0 Å². The molecule has 0 aliphatic carbocycles. The van der Waals surface area contributed by atoms with Crippen LogP contribution in [0.4, 0.5) is 0 Å². The van der Waals surface area contributed by atoms with Gasteiger partial charge in [-0.2, -0.15) is 0 Å². The first-order chi connectivity index (χ1) is 10.6. The zero-order valence-electron chi connectivity index (χ0n) is 17.3. The molecule has 0 aromatic heterocycles. The summed E-state index contributed by atoms with van der Waals surface area (Å²) in [5.41, 5.74) is 5.46. The number of rotatable bonds is 0. The van der Waals surface area contributed by atoms with Crippen molar-refractivity contribution in [1.29, 1.82) is 0 Å². The van der Waals surface area contributed by atoms with Crippen molar-refractivity contribution in [3.8, 4) is 0 Å². The Kier molecular flexibility index (Phi) is 18.7. The Balaban J connectivity index is -0.000000394. The molecule has 0 unspecified atom stereocenters. The van der Waals surface area contributed by atoms with Crippen molar-refractivity contribution in [1.82, 2.24) is 0 Å². The summed E-state index contributed by atoms with van der Waals surface area (Å²) in [5, 5.41) is 2.79. The smallest absolute Gasteiger partial charge is 0.0149 e. The van der Waals surface area contributed by atoms with Gasteiger partial charge in [0.1, 0.15) is 0 Å². The highest BCUT2D eigenvalue weighted by Gasteiger charge is 2.02. The van der Waals surface area contributed by atoms with E-state index in [1.807, 2.05) is 55.4 Å². The van der Waals surface area contributed by atoms with Gasteiger partial charge >= 0.3 is 0 Å². The third kappa shape index (κ3) is 8.22. The van der Waals surface area contributed by atoms with E-state index in [1.165, 1.54) is 33.0 Å². The maximum atomic E-state index is 2.27. The van der Waals surface area contributed by atoms with Crippen LogP contribution in [0.1, 0.15) is 77.6 Å². The summed E-state index contributed by atoms with van der Waals surface area (Å²) >= 11 is 0. The lowest BCUT2D eigenvalue weighted by molar-refractivity contribution is 1.38. The number of benzene rings is 2. The summed E-state index contributed by atoms with van der Waals surface area (Å²) in [7, 11) is 0. The van der Waals surface area contributed by atoms with Crippen LogP contribution in [-0.2, 0) is 0 Å². The van der Waals surface area contributed by atoms with Gasteiger partial charge in [-0.3, -0.25) is 0 Å². The molecule has 128 valence electrons. The maximum Gasteiger partial charge on any atom is -0.0149 e. The normalized spacial score (nSPS) is 8.00. The first-order valence-corrected chi connectivity index (χ1v) is 9.06. The SMILES string of the molecule is CC.CC.CC.CC.Cc1cc(C)c2cc(C)cc(C)c2c1. The number of aryl methyl sites for hydroxylation is 4. The predicted octanol–water partition coefficient (Wildman–Crippen LogP) is 8.18. The minimum Gasteiger partial charge on any atom is -0.0683 e. The van der Waals surface area contributed by atoms with Crippen LogP contribution < -0.4 is 0 Å². The molecular formula is C22H40. The standard InChI is InChI=1S/C14H16.4C2H6/c1-9-5-11(3)14-8-10(2)6-12(4)13(14)7-9;4*1-2/h5-8H,1-4H3;4*1-2H3. The first kappa shape index (κ1) is 25.6. The summed E-state index contributed by atoms with van der Waals surface area (Å²) in [6.07, 6.45) is 0. The van der Waals surface area contributed by atoms with Crippen LogP contribution in [0.5, 0.6) is 0 Å². The Bertz CT molecular complexity index is 446. The van der Waals surface area contributed by atoms with E-state index in [-0.39, 0.29) is 0 Å². The highest BCUT2D eigenvalue weighted by molar-refractivity contribution is 5.89. The summed E-state index contributed by atoms with van der Waals surface area (Å²) < 4.78 is 0. The van der Waals surface area contributed by atoms with Gasteiger partial charge in [0.2, 0.25) is 0 Å². The van der Waals surface area contributed by atoms with E-state index in [2.05, 4.69) is 52.0 Å². The van der Waals surface area contributed by atoms with Crippen molar-refractivity contribution in [3.05, 3.63) is 46.5 Å². The second kappa shape index (κ2) is 16.1.